The monoisotopic (exact) mass is 275 g/mol. The minimum atomic E-state index is 0.519. The number of hydrogen-bond acceptors (Lipinski definition) is 3. The SMILES string of the molecule is S=C(NCc1ccccc1)N/N=C/c1ccsc1. The molecule has 0 saturated heterocycles. The fraction of sp³-hybridized carbons (Fsp3) is 0.0769. The van der Waals surface area contributed by atoms with Gasteiger partial charge in [-0.1, -0.05) is 30.3 Å². The van der Waals surface area contributed by atoms with Gasteiger partial charge in [0.2, 0.25) is 0 Å². The Morgan fingerprint density at radius 2 is 2.11 bits per heavy atom. The molecule has 0 bridgehead atoms. The first kappa shape index (κ1) is 12.7. The molecule has 0 aliphatic rings. The van der Waals surface area contributed by atoms with Gasteiger partial charge in [-0.15, -0.1) is 0 Å². The van der Waals surface area contributed by atoms with Crippen LogP contribution in [0, 0.1) is 0 Å². The van der Waals surface area contributed by atoms with E-state index in [-0.39, 0.29) is 0 Å². The molecule has 0 atom stereocenters. The van der Waals surface area contributed by atoms with E-state index in [1.807, 2.05) is 47.2 Å². The highest BCUT2D eigenvalue weighted by atomic mass is 32.1. The third-order valence-corrected chi connectivity index (χ3v) is 3.16. The summed E-state index contributed by atoms with van der Waals surface area (Å²) in [7, 11) is 0. The Hall–Kier alpha value is -1.72. The summed E-state index contributed by atoms with van der Waals surface area (Å²) >= 11 is 6.75. The molecule has 2 rings (SSSR count). The fourth-order valence-corrected chi connectivity index (χ4v) is 2.07. The van der Waals surface area contributed by atoms with E-state index in [4.69, 9.17) is 12.2 Å². The van der Waals surface area contributed by atoms with E-state index < -0.39 is 0 Å². The van der Waals surface area contributed by atoms with Crippen LogP contribution in [0.4, 0.5) is 0 Å². The maximum Gasteiger partial charge on any atom is 0.187 e. The topological polar surface area (TPSA) is 36.4 Å². The van der Waals surface area contributed by atoms with Crippen LogP contribution in [-0.2, 0) is 6.54 Å². The van der Waals surface area contributed by atoms with E-state index in [1.165, 1.54) is 5.56 Å². The zero-order valence-electron chi connectivity index (χ0n) is 9.67. The number of benzene rings is 1. The molecule has 1 aromatic carbocycles. The number of thiophene rings is 1. The van der Waals surface area contributed by atoms with Gasteiger partial charge in [0.15, 0.2) is 5.11 Å². The highest BCUT2D eigenvalue weighted by Crippen LogP contribution is 2.01. The van der Waals surface area contributed by atoms with Crippen molar-refractivity contribution in [3.8, 4) is 0 Å². The van der Waals surface area contributed by atoms with Crippen molar-refractivity contribution in [1.82, 2.24) is 10.7 Å². The van der Waals surface area contributed by atoms with Crippen molar-refractivity contribution in [3.63, 3.8) is 0 Å². The maximum absolute atomic E-state index is 5.11. The maximum atomic E-state index is 5.11. The standard InChI is InChI=1S/C13H13N3S2/c17-13(14-8-11-4-2-1-3-5-11)16-15-9-12-6-7-18-10-12/h1-7,9-10H,8H2,(H2,14,16,17)/b15-9+. The molecular formula is C13H13N3S2. The van der Waals surface area contributed by atoms with Crippen LogP contribution in [0.15, 0.2) is 52.3 Å². The van der Waals surface area contributed by atoms with E-state index >= 15 is 0 Å². The highest BCUT2D eigenvalue weighted by Gasteiger charge is 1.94. The summed E-state index contributed by atoms with van der Waals surface area (Å²) in [6.45, 7) is 0.695. The molecule has 0 aliphatic carbocycles. The number of nitrogens with one attached hydrogen (secondary N) is 2. The Morgan fingerprint density at radius 1 is 1.28 bits per heavy atom. The van der Waals surface area contributed by atoms with E-state index in [0.29, 0.717) is 11.7 Å². The minimum absolute atomic E-state index is 0.519. The molecule has 1 aromatic heterocycles. The van der Waals surface area contributed by atoms with Gasteiger partial charge >= 0.3 is 0 Å². The molecule has 0 saturated carbocycles. The normalized spacial score (nSPS) is 10.4. The van der Waals surface area contributed by atoms with Gasteiger partial charge in [0, 0.05) is 12.1 Å². The molecule has 2 aromatic rings. The van der Waals surface area contributed by atoms with Crippen molar-refractivity contribution >= 4 is 34.9 Å². The summed E-state index contributed by atoms with van der Waals surface area (Å²) in [6.07, 6.45) is 1.74. The van der Waals surface area contributed by atoms with Gasteiger partial charge in [-0.3, -0.25) is 5.43 Å². The Morgan fingerprint density at radius 3 is 2.83 bits per heavy atom. The van der Waals surface area contributed by atoms with E-state index in [0.717, 1.165) is 5.56 Å². The van der Waals surface area contributed by atoms with Crippen LogP contribution in [0.5, 0.6) is 0 Å². The van der Waals surface area contributed by atoms with Crippen LogP contribution in [0.1, 0.15) is 11.1 Å². The minimum Gasteiger partial charge on any atom is -0.357 e. The van der Waals surface area contributed by atoms with E-state index in [1.54, 1.807) is 17.6 Å². The first-order valence-electron chi connectivity index (χ1n) is 5.47. The van der Waals surface area contributed by atoms with Gasteiger partial charge in [-0.25, -0.2) is 0 Å². The fourth-order valence-electron chi connectivity index (χ4n) is 1.33. The number of rotatable bonds is 4. The first-order valence-corrected chi connectivity index (χ1v) is 6.83. The van der Waals surface area contributed by atoms with Gasteiger partial charge in [0.25, 0.3) is 0 Å². The smallest absolute Gasteiger partial charge is 0.187 e. The van der Waals surface area contributed by atoms with Crippen molar-refractivity contribution in [2.24, 2.45) is 5.10 Å². The summed E-state index contributed by atoms with van der Waals surface area (Å²) in [6, 6.07) is 12.1. The van der Waals surface area contributed by atoms with E-state index in [9.17, 15) is 0 Å². The molecule has 2 N–H and O–H groups in total. The Labute approximate surface area is 116 Å². The van der Waals surface area contributed by atoms with Crippen molar-refractivity contribution in [3.05, 3.63) is 58.3 Å². The van der Waals surface area contributed by atoms with Crippen LogP contribution >= 0.6 is 23.6 Å². The molecule has 3 nitrogen and oxygen atoms in total. The molecule has 0 spiro atoms. The largest absolute Gasteiger partial charge is 0.357 e. The highest BCUT2D eigenvalue weighted by molar-refractivity contribution is 7.80. The number of hydrogen-bond donors (Lipinski definition) is 2. The number of thiocarbonyl (C=S) groups is 1. The first-order chi connectivity index (χ1) is 8.84. The predicted molar refractivity (Wildman–Crippen MR) is 80.9 cm³/mol. The third kappa shape index (κ3) is 4.27. The van der Waals surface area contributed by atoms with Crippen LogP contribution in [-0.4, -0.2) is 11.3 Å². The lowest BCUT2D eigenvalue weighted by Crippen LogP contribution is -2.31. The Balaban J connectivity index is 1.73. The van der Waals surface area contributed by atoms with Gasteiger partial charge < -0.3 is 5.32 Å². The van der Waals surface area contributed by atoms with Crippen LogP contribution < -0.4 is 10.7 Å². The van der Waals surface area contributed by atoms with Gasteiger partial charge in [0.1, 0.15) is 0 Å². The molecule has 0 amide bonds. The molecule has 0 fully saturated rings. The van der Waals surface area contributed by atoms with E-state index in [2.05, 4.69) is 15.8 Å². The molecule has 0 radical (unpaired) electrons. The molecule has 0 unspecified atom stereocenters. The molecular weight excluding hydrogens is 262 g/mol. The van der Waals surface area contributed by atoms with Crippen molar-refractivity contribution < 1.29 is 0 Å². The summed E-state index contributed by atoms with van der Waals surface area (Å²) in [5.41, 5.74) is 5.04. The average molecular weight is 275 g/mol. The Kier molecular flexibility index (Phi) is 4.87. The quantitative estimate of drug-likeness (QED) is 0.512. The second kappa shape index (κ2) is 6.88. The van der Waals surface area contributed by atoms with Gasteiger partial charge in [-0.2, -0.15) is 16.4 Å². The Bertz CT molecular complexity index is 506. The molecule has 5 heteroatoms. The van der Waals surface area contributed by atoms with Gasteiger partial charge in [0.05, 0.1) is 6.21 Å². The summed E-state index contributed by atoms with van der Waals surface area (Å²) in [5.74, 6) is 0. The summed E-state index contributed by atoms with van der Waals surface area (Å²) in [5, 5.41) is 11.7. The zero-order valence-corrected chi connectivity index (χ0v) is 11.3. The van der Waals surface area contributed by atoms with Crippen LogP contribution in [0.25, 0.3) is 0 Å². The molecule has 0 aliphatic heterocycles. The van der Waals surface area contributed by atoms with Gasteiger partial charge in [-0.05, 0) is 34.6 Å². The lowest BCUT2D eigenvalue weighted by atomic mass is 10.2. The second-order valence-corrected chi connectivity index (χ2v) is 4.78. The zero-order chi connectivity index (χ0) is 12.6. The summed E-state index contributed by atoms with van der Waals surface area (Å²) in [4.78, 5) is 0. The number of hydrazone groups is 1. The predicted octanol–water partition coefficient (Wildman–Crippen LogP) is 2.75. The van der Waals surface area contributed by atoms with Crippen LogP contribution in [0.2, 0.25) is 0 Å². The molecule has 92 valence electrons. The molecule has 1 heterocycles. The van der Waals surface area contributed by atoms with Crippen LogP contribution in [0.3, 0.4) is 0 Å². The van der Waals surface area contributed by atoms with Crippen molar-refractivity contribution in [2.75, 3.05) is 0 Å². The molecule has 18 heavy (non-hydrogen) atoms. The lowest BCUT2D eigenvalue weighted by molar-refractivity contribution is 0.869. The third-order valence-electron chi connectivity index (χ3n) is 2.22. The summed E-state index contributed by atoms with van der Waals surface area (Å²) < 4.78 is 0. The average Bonchev–Trinajstić information content (AvgIpc) is 2.91. The second-order valence-electron chi connectivity index (χ2n) is 3.59. The lowest BCUT2D eigenvalue weighted by Gasteiger charge is -2.06. The van der Waals surface area contributed by atoms with Crippen molar-refractivity contribution in [1.29, 1.82) is 0 Å². The number of nitrogens with zero attached hydrogens (tertiary/aromatic N) is 1. The van der Waals surface area contributed by atoms with Crippen molar-refractivity contribution in [2.45, 2.75) is 6.54 Å².